The summed E-state index contributed by atoms with van der Waals surface area (Å²) in [6.45, 7) is 10.1. The van der Waals surface area contributed by atoms with E-state index in [1.165, 1.54) is 45.2 Å². The zero-order valence-electron chi connectivity index (χ0n) is 18.3. The van der Waals surface area contributed by atoms with Crippen LogP contribution in [0.4, 0.5) is 0 Å². The number of aromatic nitrogens is 1. The molecule has 0 radical (unpaired) electrons. The van der Waals surface area contributed by atoms with Crippen LogP contribution in [0.2, 0.25) is 0 Å². The van der Waals surface area contributed by atoms with Crippen molar-refractivity contribution in [2.75, 3.05) is 26.2 Å². The van der Waals surface area contributed by atoms with Crippen molar-refractivity contribution in [3.05, 3.63) is 30.1 Å². The number of carbonyl (C=O) groups excluding carboxylic acids is 1. The molecule has 1 amide bonds. The van der Waals surface area contributed by atoms with Gasteiger partial charge >= 0.3 is 0 Å². The fourth-order valence-corrected chi connectivity index (χ4v) is 5.31. The molecular weight excluding hydrogens is 360 g/mol. The van der Waals surface area contributed by atoms with Gasteiger partial charge in [0.05, 0.1) is 0 Å². The number of pyridine rings is 1. The summed E-state index contributed by atoms with van der Waals surface area (Å²) >= 11 is 0. The van der Waals surface area contributed by atoms with Crippen molar-refractivity contribution < 1.29 is 4.79 Å². The van der Waals surface area contributed by atoms with Gasteiger partial charge in [-0.3, -0.25) is 9.78 Å². The Bertz CT molecular complexity index is 659. The van der Waals surface area contributed by atoms with Crippen LogP contribution < -0.4 is 5.32 Å². The molecule has 3 fully saturated rings. The molecular formula is C24H38N4O. The van der Waals surface area contributed by atoms with Gasteiger partial charge in [0.25, 0.3) is 0 Å². The molecule has 2 aliphatic heterocycles. The normalized spacial score (nSPS) is 24.9. The third-order valence-electron chi connectivity index (χ3n) is 7.62. The highest BCUT2D eigenvalue weighted by Crippen LogP contribution is 2.49. The van der Waals surface area contributed by atoms with Gasteiger partial charge in [0, 0.05) is 36.9 Å². The number of hydrogen-bond donors (Lipinski definition) is 1. The predicted molar refractivity (Wildman–Crippen MR) is 116 cm³/mol. The molecule has 0 bridgehead atoms. The summed E-state index contributed by atoms with van der Waals surface area (Å²) in [7, 11) is 0. The van der Waals surface area contributed by atoms with E-state index in [2.05, 4.69) is 33.9 Å². The van der Waals surface area contributed by atoms with Crippen LogP contribution in [-0.4, -0.2) is 59.0 Å². The van der Waals surface area contributed by atoms with Crippen LogP contribution in [0.1, 0.15) is 64.4 Å². The minimum atomic E-state index is 0.169. The molecule has 29 heavy (non-hydrogen) atoms. The summed E-state index contributed by atoms with van der Waals surface area (Å²) in [4.78, 5) is 22.0. The predicted octanol–water partition coefficient (Wildman–Crippen LogP) is 3.45. The van der Waals surface area contributed by atoms with E-state index in [4.69, 9.17) is 0 Å². The highest BCUT2D eigenvalue weighted by Gasteiger charge is 2.40. The second-order valence-electron chi connectivity index (χ2n) is 10.0. The third-order valence-corrected chi connectivity index (χ3v) is 7.62. The van der Waals surface area contributed by atoms with Gasteiger partial charge in [-0.05, 0) is 95.1 Å². The molecule has 1 unspecified atom stereocenters. The summed E-state index contributed by atoms with van der Waals surface area (Å²) < 4.78 is 0. The van der Waals surface area contributed by atoms with Crippen molar-refractivity contribution >= 4 is 5.91 Å². The standard InChI is InChI=1S/C24H38N4O/c1-19(16-24(2)9-10-24)27-14-7-22(8-15-27)28-12-5-21(6-13-28)23(29)26-18-20-4-3-11-25-17-20/h3-4,11,17,19,21-22H,5-10,12-16,18H2,1-2H3,(H,26,29). The number of carbonyl (C=O) groups is 1. The Morgan fingerprint density at radius 3 is 2.55 bits per heavy atom. The molecule has 1 aromatic rings. The fraction of sp³-hybridized carbons (Fsp3) is 0.750. The first-order valence-electron chi connectivity index (χ1n) is 11.7. The molecule has 1 N–H and O–H groups in total. The van der Waals surface area contributed by atoms with Gasteiger partial charge in [-0.1, -0.05) is 13.0 Å². The molecule has 5 nitrogen and oxygen atoms in total. The third kappa shape index (κ3) is 5.58. The molecule has 0 spiro atoms. The summed E-state index contributed by atoms with van der Waals surface area (Å²) in [5.41, 5.74) is 1.71. The number of amides is 1. The van der Waals surface area contributed by atoms with Gasteiger partial charge in [0.15, 0.2) is 0 Å². The van der Waals surface area contributed by atoms with Crippen molar-refractivity contribution in [2.24, 2.45) is 11.3 Å². The van der Waals surface area contributed by atoms with Gasteiger partial charge in [0.2, 0.25) is 5.91 Å². The molecule has 3 heterocycles. The number of piperidine rings is 2. The highest BCUT2D eigenvalue weighted by atomic mass is 16.1. The van der Waals surface area contributed by atoms with Crippen molar-refractivity contribution in [2.45, 2.75) is 77.4 Å². The van der Waals surface area contributed by atoms with Crippen molar-refractivity contribution in [3.8, 4) is 0 Å². The molecule has 3 aliphatic rings. The van der Waals surface area contributed by atoms with Gasteiger partial charge in [-0.25, -0.2) is 0 Å². The summed E-state index contributed by atoms with van der Waals surface area (Å²) in [5.74, 6) is 0.382. The molecule has 2 saturated heterocycles. The van der Waals surface area contributed by atoms with E-state index in [0.717, 1.165) is 43.6 Å². The number of rotatable bonds is 7. The average molecular weight is 399 g/mol. The number of hydrogen-bond acceptors (Lipinski definition) is 4. The molecule has 4 rings (SSSR count). The number of nitrogens with one attached hydrogen (secondary N) is 1. The largest absolute Gasteiger partial charge is 0.352 e. The van der Waals surface area contributed by atoms with Crippen LogP contribution in [0.15, 0.2) is 24.5 Å². The van der Waals surface area contributed by atoms with Crippen LogP contribution in [0.25, 0.3) is 0 Å². The Hall–Kier alpha value is -1.46. The lowest BCUT2D eigenvalue weighted by Gasteiger charge is -2.43. The van der Waals surface area contributed by atoms with E-state index in [1.807, 2.05) is 18.3 Å². The zero-order chi connectivity index (χ0) is 20.3. The van der Waals surface area contributed by atoms with Crippen LogP contribution >= 0.6 is 0 Å². The first kappa shape index (κ1) is 20.8. The van der Waals surface area contributed by atoms with E-state index in [1.54, 1.807) is 6.20 Å². The van der Waals surface area contributed by atoms with Crippen LogP contribution in [-0.2, 0) is 11.3 Å². The smallest absolute Gasteiger partial charge is 0.223 e. The van der Waals surface area contributed by atoms with E-state index in [0.29, 0.717) is 12.0 Å². The average Bonchev–Trinajstić information content (AvgIpc) is 3.49. The molecule has 0 aromatic carbocycles. The van der Waals surface area contributed by atoms with Gasteiger partial charge < -0.3 is 15.1 Å². The first-order chi connectivity index (χ1) is 14.0. The van der Waals surface area contributed by atoms with Crippen LogP contribution in [0, 0.1) is 11.3 Å². The lowest BCUT2D eigenvalue weighted by molar-refractivity contribution is -0.126. The zero-order valence-corrected chi connectivity index (χ0v) is 18.3. The van der Waals surface area contributed by atoms with Crippen LogP contribution in [0.3, 0.4) is 0 Å². The maximum absolute atomic E-state index is 12.5. The number of nitrogens with zero attached hydrogens (tertiary/aromatic N) is 3. The Morgan fingerprint density at radius 2 is 1.93 bits per heavy atom. The van der Waals surface area contributed by atoms with Crippen molar-refractivity contribution in [3.63, 3.8) is 0 Å². The first-order valence-corrected chi connectivity index (χ1v) is 11.7. The molecule has 1 saturated carbocycles. The van der Waals surface area contributed by atoms with Crippen molar-refractivity contribution in [1.82, 2.24) is 20.1 Å². The Labute approximate surface area is 176 Å². The monoisotopic (exact) mass is 398 g/mol. The SMILES string of the molecule is CC(CC1(C)CC1)N1CCC(N2CCC(C(=O)NCc3cccnc3)CC2)CC1. The van der Waals surface area contributed by atoms with E-state index < -0.39 is 0 Å². The minimum absolute atomic E-state index is 0.169. The Kier molecular flexibility index (Phi) is 6.55. The van der Waals surface area contributed by atoms with E-state index in [-0.39, 0.29) is 11.8 Å². The lowest BCUT2D eigenvalue weighted by Crippen LogP contribution is -2.50. The topological polar surface area (TPSA) is 48.5 Å². The van der Waals surface area contributed by atoms with E-state index >= 15 is 0 Å². The highest BCUT2D eigenvalue weighted by molar-refractivity contribution is 5.78. The van der Waals surface area contributed by atoms with E-state index in [9.17, 15) is 4.79 Å². The summed E-state index contributed by atoms with van der Waals surface area (Å²) in [5, 5.41) is 3.10. The minimum Gasteiger partial charge on any atom is -0.352 e. The molecule has 1 atom stereocenters. The van der Waals surface area contributed by atoms with Crippen molar-refractivity contribution in [1.29, 1.82) is 0 Å². The van der Waals surface area contributed by atoms with Gasteiger partial charge in [-0.2, -0.15) is 0 Å². The quantitative estimate of drug-likeness (QED) is 0.764. The number of likely N-dealkylation sites (tertiary alicyclic amines) is 2. The second-order valence-corrected chi connectivity index (χ2v) is 10.0. The summed E-state index contributed by atoms with van der Waals surface area (Å²) in [6.07, 6.45) is 12.4. The van der Waals surface area contributed by atoms with Crippen LogP contribution in [0.5, 0.6) is 0 Å². The Morgan fingerprint density at radius 1 is 1.21 bits per heavy atom. The maximum atomic E-state index is 12.5. The second kappa shape index (κ2) is 9.13. The Balaban J connectivity index is 1.16. The molecule has 1 aromatic heterocycles. The lowest BCUT2D eigenvalue weighted by atomic mass is 9.92. The van der Waals surface area contributed by atoms with Gasteiger partial charge in [0.1, 0.15) is 0 Å². The maximum Gasteiger partial charge on any atom is 0.223 e. The molecule has 160 valence electrons. The molecule has 1 aliphatic carbocycles. The molecule has 5 heteroatoms. The fourth-order valence-electron chi connectivity index (χ4n) is 5.31. The summed E-state index contributed by atoms with van der Waals surface area (Å²) in [6, 6.07) is 5.37. The van der Waals surface area contributed by atoms with Gasteiger partial charge in [-0.15, -0.1) is 0 Å².